The Morgan fingerprint density at radius 1 is 1.17 bits per heavy atom. The average Bonchev–Trinajstić information content (AvgIpc) is 2.60. The number of carbonyl (C=O) groups is 2. The van der Waals surface area contributed by atoms with E-state index in [-0.39, 0.29) is 12.0 Å². The summed E-state index contributed by atoms with van der Waals surface area (Å²) in [5, 5.41) is 9.19. The number of carboxylic acid groups (broad SMARTS) is 1. The Kier molecular flexibility index (Phi) is 9.87. The van der Waals surface area contributed by atoms with Crippen molar-refractivity contribution in [1.82, 2.24) is 4.90 Å². The number of hydrogen-bond acceptors (Lipinski definition) is 2. The van der Waals surface area contributed by atoms with E-state index in [1.165, 1.54) is 36.5 Å². The standard InChI is InChI=1S/C25H37NO3/c1-7-8-17-26(24(28)29)23(27)18-20(3)12-9-11-19(2)14-15-22-21(4)13-10-16-25(22,5)6/h9,11-12,14-15,18H,7-8,10,13,16-17H2,1-6H3,(H,28,29)/b12-9+,15-14+,19-11+,20-18+. The maximum atomic E-state index is 12.2. The fourth-order valence-electron chi connectivity index (χ4n) is 3.57. The first-order valence-electron chi connectivity index (χ1n) is 10.5. The van der Waals surface area contributed by atoms with Crippen molar-refractivity contribution in [2.75, 3.05) is 6.54 Å². The summed E-state index contributed by atoms with van der Waals surface area (Å²) in [7, 11) is 0. The largest absolute Gasteiger partial charge is 0.465 e. The predicted octanol–water partition coefficient (Wildman–Crippen LogP) is 6.82. The second-order valence-electron chi connectivity index (χ2n) is 8.55. The van der Waals surface area contributed by atoms with Crippen molar-refractivity contribution in [3.63, 3.8) is 0 Å². The van der Waals surface area contributed by atoms with Crippen molar-refractivity contribution >= 4 is 12.0 Å². The van der Waals surface area contributed by atoms with Gasteiger partial charge in [-0.05, 0) is 63.0 Å². The quantitative estimate of drug-likeness (QED) is 0.360. The molecule has 2 amide bonds. The Hall–Kier alpha value is -2.36. The second kappa shape index (κ2) is 11.6. The first-order valence-corrected chi connectivity index (χ1v) is 10.5. The zero-order valence-electron chi connectivity index (χ0n) is 18.9. The van der Waals surface area contributed by atoms with Gasteiger partial charge in [-0.2, -0.15) is 0 Å². The summed E-state index contributed by atoms with van der Waals surface area (Å²) in [6, 6.07) is 0. The third-order valence-electron chi connectivity index (χ3n) is 5.36. The van der Waals surface area contributed by atoms with E-state index in [9.17, 15) is 14.7 Å². The van der Waals surface area contributed by atoms with Crippen LogP contribution < -0.4 is 0 Å². The van der Waals surface area contributed by atoms with Gasteiger partial charge in [-0.25, -0.2) is 9.69 Å². The van der Waals surface area contributed by atoms with E-state index in [4.69, 9.17) is 0 Å². The van der Waals surface area contributed by atoms with Crippen LogP contribution in [-0.4, -0.2) is 28.6 Å². The van der Waals surface area contributed by atoms with Crippen LogP contribution in [0.1, 0.15) is 73.6 Å². The summed E-state index contributed by atoms with van der Waals surface area (Å²) in [6.07, 6.45) is 15.4. The monoisotopic (exact) mass is 399 g/mol. The van der Waals surface area contributed by atoms with Gasteiger partial charge in [0.05, 0.1) is 0 Å². The highest BCUT2D eigenvalue weighted by atomic mass is 16.4. The molecule has 0 aliphatic heterocycles. The molecule has 0 saturated carbocycles. The number of rotatable bonds is 8. The molecule has 0 aromatic rings. The Labute approximate surface area is 176 Å². The molecule has 160 valence electrons. The molecule has 1 N–H and O–H groups in total. The highest BCUT2D eigenvalue weighted by Crippen LogP contribution is 2.40. The van der Waals surface area contributed by atoms with Crippen LogP contribution in [0, 0.1) is 5.41 Å². The van der Waals surface area contributed by atoms with Crippen molar-refractivity contribution in [3.8, 4) is 0 Å². The molecule has 4 nitrogen and oxygen atoms in total. The van der Waals surface area contributed by atoms with Gasteiger partial charge in [0.25, 0.3) is 5.91 Å². The minimum Gasteiger partial charge on any atom is -0.465 e. The molecule has 0 radical (unpaired) electrons. The molecule has 1 aliphatic rings. The number of carbonyl (C=O) groups excluding carboxylic acids is 1. The molecule has 0 bridgehead atoms. The molecule has 0 unspecified atom stereocenters. The van der Waals surface area contributed by atoms with Crippen LogP contribution in [0.5, 0.6) is 0 Å². The van der Waals surface area contributed by atoms with Crippen LogP contribution in [0.3, 0.4) is 0 Å². The molecule has 0 aromatic heterocycles. The number of unbranched alkanes of at least 4 members (excludes halogenated alkanes) is 1. The maximum absolute atomic E-state index is 12.2. The van der Waals surface area contributed by atoms with Crippen LogP contribution in [-0.2, 0) is 4.79 Å². The lowest BCUT2D eigenvalue weighted by Gasteiger charge is -2.32. The third kappa shape index (κ3) is 8.26. The second-order valence-corrected chi connectivity index (χ2v) is 8.55. The van der Waals surface area contributed by atoms with E-state index in [0.29, 0.717) is 6.42 Å². The third-order valence-corrected chi connectivity index (χ3v) is 5.36. The van der Waals surface area contributed by atoms with Gasteiger partial charge >= 0.3 is 6.09 Å². The van der Waals surface area contributed by atoms with Gasteiger partial charge in [0.1, 0.15) is 0 Å². The molecule has 1 aliphatic carbocycles. The molecule has 0 aromatic carbocycles. The Balaban J connectivity index is 2.79. The molecular weight excluding hydrogens is 362 g/mol. The van der Waals surface area contributed by atoms with Gasteiger partial charge < -0.3 is 5.11 Å². The van der Waals surface area contributed by atoms with Crippen LogP contribution >= 0.6 is 0 Å². The van der Waals surface area contributed by atoms with Gasteiger partial charge in [-0.15, -0.1) is 0 Å². The zero-order valence-corrected chi connectivity index (χ0v) is 18.9. The van der Waals surface area contributed by atoms with Gasteiger partial charge in [0.15, 0.2) is 0 Å². The summed E-state index contributed by atoms with van der Waals surface area (Å²) in [4.78, 5) is 24.3. The van der Waals surface area contributed by atoms with Crippen molar-refractivity contribution in [2.24, 2.45) is 5.41 Å². The first kappa shape index (κ1) is 24.7. The molecule has 1 rings (SSSR count). The van der Waals surface area contributed by atoms with Gasteiger partial charge in [0.2, 0.25) is 0 Å². The molecule has 0 saturated heterocycles. The number of nitrogens with zero attached hydrogens (tertiary/aromatic N) is 1. The van der Waals surface area contributed by atoms with E-state index in [0.717, 1.165) is 22.5 Å². The summed E-state index contributed by atoms with van der Waals surface area (Å²) in [5.74, 6) is -0.490. The van der Waals surface area contributed by atoms with Crippen LogP contribution in [0.4, 0.5) is 4.79 Å². The topological polar surface area (TPSA) is 57.6 Å². The molecule has 0 heterocycles. The summed E-state index contributed by atoms with van der Waals surface area (Å²) in [6.45, 7) is 12.9. The summed E-state index contributed by atoms with van der Waals surface area (Å²) < 4.78 is 0. The minimum absolute atomic E-state index is 0.225. The minimum atomic E-state index is -1.20. The molecular formula is C25H37NO3. The SMILES string of the molecule is CCCCN(C(=O)O)C(=O)/C=C(C)/C=C/C=C(C)/C=C/C1=C(C)CCCC1(C)C. The lowest BCUT2D eigenvalue weighted by Crippen LogP contribution is -2.35. The fourth-order valence-corrected chi connectivity index (χ4v) is 3.57. The Morgan fingerprint density at radius 2 is 1.86 bits per heavy atom. The van der Waals surface area contributed by atoms with Gasteiger partial charge in [-0.1, -0.05) is 68.7 Å². The maximum Gasteiger partial charge on any atom is 0.414 e. The molecule has 29 heavy (non-hydrogen) atoms. The van der Waals surface area contributed by atoms with Crippen LogP contribution in [0.15, 0.2) is 58.7 Å². The van der Waals surface area contributed by atoms with E-state index >= 15 is 0 Å². The van der Waals surface area contributed by atoms with Crippen LogP contribution in [0.25, 0.3) is 0 Å². The molecule has 0 fully saturated rings. The fraction of sp³-hybridized carbons (Fsp3) is 0.520. The zero-order chi connectivity index (χ0) is 22.0. The molecule has 4 heteroatoms. The smallest absolute Gasteiger partial charge is 0.414 e. The Morgan fingerprint density at radius 3 is 2.45 bits per heavy atom. The van der Waals surface area contributed by atoms with E-state index in [1.54, 1.807) is 6.92 Å². The average molecular weight is 400 g/mol. The summed E-state index contributed by atoms with van der Waals surface area (Å²) >= 11 is 0. The normalized spacial score (nSPS) is 18.0. The number of allylic oxidation sites excluding steroid dienone is 9. The lowest BCUT2D eigenvalue weighted by molar-refractivity contribution is -0.124. The number of hydrogen-bond donors (Lipinski definition) is 1. The lowest BCUT2D eigenvalue weighted by atomic mass is 9.72. The first-order chi connectivity index (χ1) is 13.6. The van der Waals surface area contributed by atoms with Crippen molar-refractivity contribution in [1.29, 1.82) is 0 Å². The van der Waals surface area contributed by atoms with Crippen LogP contribution in [0.2, 0.25) is 0 Å². The van der Waals surface area contributed by atoms with Gasteiger partial charge in [-0.3, -0.25) is 4.79 Å². The molecule has 0 atom stereocenters. The van der Waals surface area contributed by atoms with E-state index < -0.39 is 12.0 Å². The predicted molar refractivity (Wildman–Crippen MR) is 121 cm³/mol. The highest BCUT2D eigenvalue weighted by molar-refractivity contribution is 5.98. The van der Waals surface area contributed by atoms with E-state index in [2.05, 4.69) is 32.9 Å². The highest BCUT2D eigenvalue weighted by Gasteiger charge is 2.26. The van der Waals surface area contributed by atoms with E-state index in [1.807, 2.05) is 32.1 Å². The van der Waals surface area contributed by atoms with Crippen molar-refractivity contribution in [3.05, 3.63) is 58.7 Å². The Bertz CT molecular complexity index is 748. The molecule has 0 spiro atoms. The van der Waals surface area contributed by atoms with Crippen molar-refractivity contribution < 1.29 is 14.7 Å². The van der Waals surface area contributed by atoms with Gasteiger partial charge in [0, 0.05) is 12.6 Å². The number of imide groups is 1. The summed E-state index contributed by atoms with van der Waals surface area (Å²) in [5.41, 5.74) is 4.98. The van der Waals surface area contributed by atoms with Crippen molar-refractivity contribution in [2.45, 2.75) is 73.6 Å². The number of amides is 2.